The van der Waals surface area contributed by atoms with E-state index in [2.05, 4.69) is 10.6 Å². The fraction of sp³-hybridized carbons (Fsp3) is 0.700. The largest absolute Gasteiger partial charge is 0.496 e. The lowest BCUT2D eigenvalue weighted by molar-refractivity contribution is -0.248. The molecule has 0 heterocycles. The molecule has 13 heteroatoms. The first-order valence-electron chi connectivity index (χ1n) is 14.9. The van der Waals surface area contributed by atoms with Gasteiger partial charge in [-0.3, -0.25) is 14.4 Å². The minimum Gasteiger partial charge on any atom is -0.496 e. The number of benzene rings is 1. The SMILES string of the molecule is COc1cc(F)c(OC2CCC(CO)(C(=O)O)CC2)cc1C(=O)NC1C2CCC(C2)C1C(=O)NCC1(C(F)(F)F)CCC1. The van der Waals surface area contributed by atoms with Crippen LogP contribution < -0.4 is 20.1 Å². The molecule has 238 valence electrons. The number of rotatable bonds is 10. The maximum absolute atomic E-state index is 15.0. The number of halogens is 4. The van der Waals surface area contributed by atoms with Gasteiger partial charge in [-0.15, -0.1) is 0 Å². The first-order valence-corrected chi connectivity index (χ1v) is 14.9. The number of carboxylic acids is 1. The molecular weight excluding hydrogens is 576 g/mol. The summed E-state index contributed by atoms with van der Waals surface area (Å²) in [6.07, 6.45) is -1.52. The van der Waals surface area contributed by atoms with Crippen molar-refractivity contribution in [2.24, 2.45) is 28.6 Å². The number of hydrogen-bond donors (Lipinski definition) is 4. The Morgan fingerprint density at radius 2 is 1.70 bits per heavy atom. The average molecular weight is 615 g/mol. The van der Waals surface area contributed by atoms with Gasteiger partial charge < -0.3 is 30.3 Å². The van der Waals surface area contributed by atoms with Gasteiger partial charge in [0, 0.05) is 18.7 Å². The van der Waals surface area contributed by atoms with Crippen molar-refractivity contribution in [2.75, 3.05) is 20.3 Å². The number of aliphatic hydroxyl groups is 1. The lowest BCUT2D eigenvalue weighted by atomic mass is 9.68. The first-order chi connectivity index (χ1) is 20.3. The highest BCUT2D eigenvalue weighted by atomic mass is 19.4. The second-order valence-corrected chi connectivity index (χ2v) is 12.8. The highest BCUT2D eigenvalue weighted by Crippen LogP contribution is 2.53. The lowest BCUT2D eigenvalue weighted by Crippen LogP contribution is -2.55. The predicted molar refractivity (Wildman–Crippen MR) is 144 cm³/mol. The van der Waals surface area contributed by atoms with Crippen molar-refractivity contribution in [1.82, 2.24) is 10.6 Å². The van der Waals surface area contributed by atoms with Crippen LogP contribution in [-0.4, -0.2) is 66.6 Å². The van der Waals surface area contributed by atoms with Gasteiger partial charge in [-0.25, -0.2) is 4.39 Å². The Balaban J connectivity index is 1.28. The van der Waals surface area contributed by atoms with Crippen LogP contribution in [0.5, 0.6) is 11.5 Å². The topological polar surface area (TPSA) is 134 Å². The Kier molecular flexibility index (Phi) is 8.58. The number of alkyl halides is 3. The molecule has 1 aromatic rings. The molecular formula is C30H38F4N2O7. The van der Waals surface area contributed by atoms with Gasteiger partial charge in [-0.1, -0.05) is 6.42 Å². The number of carbonyl (C=O) groups is 3. The standard InChI is InChI=1S/C30H38F4N2O7/c1-42-21-13-20(31)22(43-18-5-9-28(15-37,10-6-18)27(40)41)12-19(21)25(38)36-24-17-4-3-16(11-17)23(24)26(39)35-14-29(7-2-8-29)30(32,33)34/h12-13,16-18,23-24,37H,2-11,14-15H2,1H3,(H,35,39)(H,36,38)(H,40,41). The second-order valence-electron chi connectivity index (χ2n) is 12.8. The Bertz CT molecular complexity index is 1240. The van der Waals surface area contributed by atoms with Crippen molar-refractivity contribution >= 4 is 17.8 Å². The summed E-state index contributed by atoms with van der Waals surface area (Å²) in [6.45, 7) is -0.995. The number of methoxy groups -OCH3 is 1. The van der Waals surface area contributed by atoms with Crippen LogP contribution in [0.3, 0.4) is 0 Å². The summed E-state index contributed by atoms with van der Waals surface area (Å²) in [5, 5.41) is 24.5. The van der Waals surface area contributed by atoms with Crippen LogP contribution in [0.4, 0.5) is 17.6 Å². The van der Waals surface area contributed by atoms with Gasteiger partial charge in [0.1, 0.15) is 5.75 Å². The molecule has 4 aliphatic carbocycles. The number of fused-ring (bicyclic) bond motifs is 2. The van der Waals surface area contributed by atoms with Crippen LogP contribution in [0.25, 0.3) is 0 Å². The van der Waals surface area contributed by atoms with Crippen LogP contribution in [0.2, 0.25) is 0 Å². The van der Waals surface area contributed by atoms with E-state index in [4.69, 9.17) is 9.47 Å². The summed E-state index contributed by atoms with van der Waals surface area (Å²) in [4.78, 5) is 38.4. The van der Waals surface area contributed by atoms with Crippen molar-refractivity contribution in [2.45, 2.75) is 82.5 Å². The molecule has 4 atom stereocenters. The molecule has 2 amide bonds. The van der Waals surface area contributed by atoms with Crippen molar-refractivity contribution in [3.63, 3.8) is 0 Å². The summed E-state index contributed by atoms with van der Waals surface area (Å²) in [5.41, 5.74) is -3.20. The third-order valence-electron chi connectivity index (χ3n) is 10.5. The zero-order valence-electron chi connectivity index (χ0n) is 24.0. The number of carboxylic acid groups (broad SMARTS) is 1. The zero-order chi connectivity index (χ0) is 31.2. The van der Waals surface area contributed by atoms with Gasteiger partial charge in [0.15, 0.2) is 11.6 Å². The van der Waals surface area contributed by atoms with Gasteiger partial charge in [0.05, 0.1) is 42.1 Å². The third-order valence-corrected chi connectivity index (χ3v) is 10.5. The van der Waals surface area contributed by atoms with E-state index in [-0.39, 0.29) is 67.4 Å². The van der Waals surface area contributed by atoms with Crippen molar-refractivity contribution < 1.29 is 51.6 Å². The minimum atomic E-state index is -4.41. The first kappa shape index (κ1) is 31.3. The van der Waals surface area contributed by atoms with Crippen molar-refractivity contribution in [3.8, 4) is 11.5 Å². The van der Waals surface area contributed by atoms with Crippen LogP contribution >= 0.6 is 0 Å². The van der Waals surface area contributed by atoms with Crippen LogP contribution in [0.15, 0.2) is 12.1 Å². The molecule has 2 bridgehead atoms. The summed E-state index contributed by atoms with van der Waals surface area (Å²) in [6, 6.07) is 1.62. The van der Waals surface area contributed by atoms with Crippen LogP contribution in [0, 0.1) is 34.4 Å². The summed E-state index contributed by atoms with van der Waals surface area (Å²) < 4.78 is 67.0. The highest BCUT2D eigenvalue weighted by molar-refractivity contribution is 5.98. The van der Waals surface area contributed by atoms with Crippen LogP contribution in [0.1, 0.15) is 74.6 Å². The molecule has 0 saturated heterocycles. The van der Waals surface area contributed by atoms with Gasteiger partial charge in [-0.2, -0.15) is 13.2 Å². The number of aliphatic hydroxyl groups excluding tert-OH is 1. The number of carbonyl (C=O) groups excluding carboxylic acids is 2. The van der Waals surface area contributed by atoms with E-state index in [1.807, 2.05) is 0 Å². The van der Waals surface area contributed by atoms with Gasteiger partial charge >= 0.3 is 12.1 Å². The quantitative estimate of drug-likeness (QED) is 0.290. The number of hydrogen-bond acceptors (Lipinski definition) is 6. The number of aliphatic carboxylic acids is 1. The Morgan fingerprint density at radius 3 is 2.26 bits per heavy atom. The predicted octanol–water partition coefficient (Wildman–Crippen LogP) is 4.21. The molecule has 9 nitrogen and oxygen atoms in total. The maximum atomic E-state index is 15.0. The van der Waals surface area contributed by atoms with E-state index in [0.29, 0.717) is 12.8 Å². The van der Waals surface area contributed by atoms with E-state index in [9.17, 15) is 42.2 Å². The van der Waals surface area contributed by atoms with E-state index in [0.717, 1.165) is 18.9 Å². The molecule has 0 aliphatic heterocycles. The molecule has 4 fully saturated rings. The average Bonchev–Trinajstić information content (AvgIpc) is 3.55. The summed E-state index contributed by atoms with van der Waals surface area (Å²) >= 11 is 0. The Morgan fingerprint density at radius 1 is 1.02 bits per heavy atom. The fourth-order valence-corrected chi connectivity index (χ4v) is 7.50. The van der Waals surface area contributed by atoms with E-state index in [1.54, 1.807) is 0 Å². The molecule has 0 aromatic heterocycles. The van der Waals surface area contributed by atoms with Gasteiger partial charge in [-0.05, 0) is 75.7 Å². The molecule has 5 rings (SSSR count). The minimum absolute atomic E-state index is 0.0181. The third kappa shape index (κ3) is 5.76. The molecule has 4 unspecified atom stereocenters. The van der Waals surface area contributed by atoms with E-state index >= 15 is 0 Å². The summed E-state index contributed by atoms with van der Waals surface area (Å²) in [7, 11) is 1.28. The summed E-state index contributed by atoms with van der Waals surface area (Å²) in [5.74, 6) is -4.04. The van der Waals surface area contributed by atoms with Crippen molar-refractivity contribution in [3.05, 3.63) is 23.5 Å². The maximum Gasteiger partial charge on any atom is 0.396 e. The van der Waals surface area contributed by atoms with Crippen molar-refractivity contribution in [1.29, 1.82) is 0 Å². The molecule has 43 heavy (non-hydrogen) atoms. The smallest absolute Gasteiger partial charge is 0.396 e. The lowest BCUT2D eigenvalue weighted by Gasteiger charge is -2.43. The Labute approximate surface area is 246 Å². The molecule has 4 aliphatic rings. The molecule has 4 saturated carbocycles. The zero-order valence-corrected chi connectivity index (χ0v) is 24.0. The van der Waals surface area contributed by atoms with Gasteiger partial charge in [0.25, 0.3) is 5.91 Å². The molecule has 1 aromatic carbocycles. The number of nitrogens with one attached hydrogen (secondary N) is 2. The molecule has 0 radical (unpaired) electrons. The van der Waals surface area contributed by atoms with E-state index in [1.165, 1.54) is 13.2 Å². The normalized spacial score (nSPS) is 31.2. The monoisotopic (exact) mass is 614 g/mol. The van der Waals surface area contributed by atoms with E-state index < -0.39 is 71.8 Å². The van der Waals surface area contributed by atoms with Crippen LogP contribution in [-0.2, 0) is 9.59 Å². The molecule has 4 N–H and O–H groups in total. The fourth-order valence-electron chi connectivity index (χ4n) is 7.50. The Hall–Kier alpha value is -3.09. The van der Waals surface area contributed by atoms with Gasteiger partial charge in [0.2, 0.25) is 5.91 Å². The highest BCUT2D eigenvalue weighted by Gasteiger charge is 2.59. The second kappa shape index (κ2) is 11.8. The molecule has 0 spiro atoms. The number of amides is 2. The number of ether oxygens (including phenoxy) is 2.